The van der Waals surface area contributed by atoms with Crippen molar-refractivity contribution in [1.82, 2.24) is 10.2 Å². The number of hydrogen-bond acceptors (Lipinski definition) is 2. The highest BCUT2D eigenvalue weighted by Gasteiger charge is 2.23. The van der Waals surface area contributed by atoms with E-state index in [0.29, 0.717) is 12.3 Å². The highest BCUT2D eigenvalue weighted by Crippen LogP contribution is 2.26. The average Bonchev–Trinajstić information content (AvgIpc) is 3.04. The van der Waals surface area contributed by atoms with Crippen molar-refractivity contribution in [3.05, 3.63) is 35.9 Å². The van der Waals surface area contributed by atoms with Crippen molar-refractivity contribution in [3.8, 4) is 0 Å². The largest absolute Gasteiger partial charge is 0.355 e. The molecule has 1 aromatic rings. The lowest BCUT2D eigenvalue weighted by Crippen LogP contribution is -2.33. The number of amides is 1. The van der Waals surface area contributed by atoms with Gasteiger partial charge >= 0.3 is 0 Å². The first kappa shape index (κ1) is 18.0. The van der Waals surface area contributed by atoms with Gasteiger partial charge in [-0.15, -0.1) is 0 Å². The number of likely N-dealkylation sites (tertiary alicyclic amines) is 1. The van der Waals surface area contributed by atoms with Gasteiger partial charge in [0.25, 0.3) is 0 Å². The molecule has 0 radical (unpaired) electrons. The molecule has 0 saturated carbocycles. The second-order valence-corrected chi connectivity index (χ2v) is 6.71. The third-order valence-corrected chi connectivity index (χ3v) is 4.80. The predicted octanol–water partition coefficient (Wildman–Crippen LogP) is 3.95. The van der Waals surface area contributed by atoms with Crippen LogP contribution in [0.4, 0.5) is 0 Å². The van der Waals surface area contributed by atoms with Crippen LogP contribution in [0.3, 0.4) is 0 Å². The van der Waals surface area contributed by atoms with E-state index in [9.17, 15) is 4.79 Å². The van der Waals surface area contributed by atoms with Gasteiger partial charge in [0.15, 0.2) is 0 Å². The summed E-state index contributed by atoms with van der Waals surface area (Å²) in [5.41, 5.74) is 1.45. The molecule has 3 nitrogen and oxygen atoms in total. The van der Waals surface area contributed by atoms with E-state index in [4.69, 9.17) is 0 Å². The van der Waals surface area contributed by atoms with Gasteiger partial charge in [-0.05, 0) is 30.9 Å². The molecule has 1 saturated heterocycles. The molecule has 0 aliphatic carbocycles. The fourth-order valence-electron chi connectivity index (χ4n) is 3.36. The summed E-state index contributed by atoms with van der Waals surface area (Å²) in [5, 5.41) is 3.07. The molecule has 128 valence electrons. The van der Waals surface area contributed by atoms with Gasteiger partial charge in [0, 0.05) is 26.1 Å². The summed E-state index contributed by atoms with van der Waals surface area (Å²) in [5.74, 6) is 0.880. The van der Waals surface area contributed by atoms with E-state index in [1.165, 1.54) is 37.7 Å². The maximum Gasteiger partial charge on any atom is 0.220 e. The summed E-state index contributed by atoms with van der Waals surface area (Å²) < 4.78 is 0. The first-order valence-corrected chi connectivity index (χ1v) is 9.33. The van der Waals surface area contributed by atoms with Gasteiger partial charge in [-0.2, -0.15) is 0 Å². The van der Waals surface area contributed by atoms with Crippen molar-refractivity contribution in [2.75, 3.05) is 26.2 Å². The lowest BCUT2D eigenvalue weighted by atomic mass is 9.99. The van der Waals surface area contributed by atoms with Crippen LogP contribution in [0.25, 0.3) is 0 Å². The number of rotatable bonds is 10. The van der Waals surface area contributed by atoms with Crippen molar-refractivity contribution in [2.45, 2.75) is 57.8 Å². The zero-order chi connectivity index (χ0) is 16.3. The summed E-state index contributed by atoms with van der Waals surface area (Å²) >= 11 is 0. The van der Waals surface area contributed by atoms with Gasteiger partial charge in [0.2, 0.25) is 5.91 Å². The number of hydrogen-bond donors (Lipinski definition) is 1. The standard InChI is InChI=1S/C20H32N2O/c1-2-3-4-5-9-12-20(23)21-14-16-22-15-13-19(17-22)18-10-7-6-8-11-18/h6-8,10-11,19H,2-5,9,12-17H2,1H3,(H,21,23)/t19-/m0/s1. The maximum absolute atomic E-state index is 11.8. The molecule has 1 aliphatic heterocycles. The minimum atomic E-state index is 0.223. The Morgan fingerprint density at radius 1 is 1.17 bits per heavy atom. The van der Waals surface area contributed by atoms with Crippen molar-refractivity contribution in [1.29, 1.82) is 0 Å². The van der Waals surface area contributed by atoms with Crippen molar-refractivity contribution in [3.63, 3.8) is 0 Å². The average molecular weight is 316 g/mol. The summed E-state index contributed by atoms with van der Waals surface area (Å²) in [7, 11) is 0. The molecule has 2 rings (SSSR count). The van der Waals surface area contributed by atoms with Gasteiger partial charge < -0.3 is 10.2 Å². The topological polar surface area (TPSA) is 32.3 Å². The number of nitrogens with one attached hydrogen (secondary N) is 1. The zero-order valence-corrected chi connectivity index (χ0v) is 14.6. The number of carbonyl (C=O) groups excluding carboxylic acids is 1. The van der Waals surface area contributed by atoms with Crippen LogP contribution < -0.4 is 5.32 Å². The van der Waals surface area contributed by atoms with E-state index in [1.807, 2.05) is 0 Å². The Balaban J connectivity index is 1.54. The molecular weight excluding hydrogens is 284 g/mol. The second kappa shape index (κ2) is 10.4. The first-order valence-electron chi connectivity index (χ1n) is 9.33. The normalized spacial score (nSPS) is 18.2. The summed E-state index contributed by atoms with van der Waals surface area (Å²) in [6.07, 6.45) is 7.95. The highest BCUT2D eigenvalue weighted by atomic mass is 16.1. The van der Waals surface area contributed by atoms with E-state index >= 15 is 0 Å². The number of nitrogens with zero attached hydrogens (tertiary/aromatic N) is 1. The third-order valence-electron chi connectivity index (χ3n) is 4.80. The van der Waals surface area contributed by atoms with Crippen LogP contribution in [0.15, 0.2) is 30.3 Å². The summed E-state index contributed by atoms with van der Waals surface area (Å²) in [4.78, 5) is 14.3. The second-order valence-electron chi connectivity index (χ2n) is 6.71. The predicted molar refractivity (Wildman–Crippen MR) is 96.6 cm³/mol. The molecule has 0 unspecified atom stereocenters. The molecule has 3 heteroatoms. The first-order chi connectivity index (χ1) is 11.3. The zero-order valence-electron chi connectivity index (χ0n) is 14.6. The van der Waals surface area contributed by atoms with Gasteiger partial charge in [-0.3, -0.25) is 4.79 Å². The van der Waals surface area contributed by atoms with Crippen molar-refractivity contribution < 1.29 is 4.79 Å². The minimum Gasteiger partial charge on any atom is -0.355 e. The molecule has 1 aliphatic rings. The fourth-order valence-corrected chi connectivity index (χ4v) is 3.36. The Morgan fingerprint density at radius 2 is 1.96 bits per heavy atom. The molecule has 0 spiro atoms. The van der Waals surface area contributed by atoms with Crippen molar-refractivity contribution in [2.24, 2.45) is 0 Å². The lowest BCUT2D eigenvalue weighted by Gasteiger charge is -2.16. The minimum absolute atomic E-state index is 0.223. The lowest BCUT2D eigenvalue weighted by molar-refractivity contribution is -0.121. The molecule has 1 atom stereocenters. The van der Waals surface area contributed by atoms with Gasteiger partial charge in [0.1, 0.15) is 0 Å². The third kappa shape index (κ3) is 6.74. The Bertz CT molecular complexity index is 446. The van der Waals surface area contributed by atoms with Crippen LogP contribution in [0.5, 0.6) is 0 Å². The molecule has 1 heterocycles. The molecule has 1 N–H and O–H groups in total. The smallest absolute Gasteiger partial charge is 0.220 e. The molecule has 1 fully saturated rings. The molecule has 1 aromatic carbocycles. The Labute approximate surface area is 141 Å². The van der Waals surface area contributed by atoms with Crippen molar-refractivity contribution >= 4 is 5.91 Å². The van der Waals surface area contributed by atoms with Gasteiger partial charge in [-0.25, -0.2) is 0 Å². The Hall–Kier alpha value is -1.35. The van der Waals surface area contributed by atoms with E-state index in [-0.39, 0.29) is 5.91 Å². The van der Waals surface area contributed by atoms with E-state index < -0.39 is 0 Å². The van der Waals surface area contributed by atoms with Gasteiger partial charge in [0.05, 0.1) is 0 Å². The van der Waals surface area contributed by atoms with Crippen LogP contribution in [-0.4, -0.2) is 37.0 Å². The Kier molecular flexibility index (Phi) is 8.16. The fraction of sp³-hybridized carbons (Fsp3) is 0.650. The van der Waals surface area contributed by atoms with Crippen LogP contribution >= 0.6 is 0 Å². The monoisotopic (exact) mass is 316 g/mol. The molecule has 0 bridgehead atoms. The van der Waals surface area contributed by atoms with Crippen LogP contribution in [0, 0.1) is 0 Å². The van der Waals surface area contributed by atoms with E-state index in [1.54, 1.807) is 0 Å². The molecule has 1 amide bonds. The van der Waals surface area contributed by atoms with E-state index in [2.05, 4.69) is 47.5 Å². The Morgan fingerprint density at radius 3 is 2.74 bits per heavy atom. The molecule has 0 aromatic heterocycles. The quantitative estimate of drug-likeness (QED) is 0.663. The number of benzene rings is 1. The number of unbranched alkanes of at least 4 members (excludes halogenated alkanes) is 4. The van der Waals surface area contributed by atoms with Crippen LogP contribution in [0.2, 0.25) is 0 Å². The van der Waals surface area contributed by atoms with E-state index in [0.717, 1.165) is 32.6 Å². The van der Waals surface area contributed by atoms with Crippen LogP contribution in [-0.2, 0) is 4.79 Å². The maximum atomic E-state index is 11.8. The molecular formula is C20H32N2O. The number of carbonyl (C=O) groups is 1. The van der Waals surface area contributed by atoms with Gasteiger partial charge in [-0.1, -0.05) is 62.9 Å². The van der Waals surface area contributed by atoms with Crippen LogP contribution in [0.1, 0.15) is 63.4 Å². The summed E-state index contributed by atoms with van der Waals surface area (Å²) in [6, 6.07) is 10.8. The SMILES string of the molecule is CCCCCCCC(=O)NCCN1CC[C@H](c2ccccc2)C1. The summed E-state index contributed by atoms with van der Waals surface area (Å²) in [6.45, 7) is 6.25. The highest BCUT2D eigenvalue weighted by molar-refractivity contribution is 5.75. The molecule has 23 heavy (non-hydrogen) atoms.